The average Bonchev–Trinajstić information content (AvgIpc) is 3.12. The van der Waals surface area contributed by atoms with Gasteiger partial charge in [-0.05, 0) is 62.6 Å². The molecule has 0 fully saturated rings. The molecule has 2 aromatic carbocycles. The smallest absolute Gasteiger partial charge is 0.255 e. The maximum atomic E-state index is 12.7. The number of anilines is 2. The van der Waals surface area contributed by atoms with Crippen molar-refractivity contribution in [2.75, 3.05) is 17.9 Å². The summed E-state index contributed by atoms with van der Waals surface area (Å²) in [5, 5.41) is 8.10. The summed E-state index contributed by atoms with van der Waals surface area (Å²) in [6.07, 6.45) is 0.885. The lowest BCUT2D eigenvalue weighted by molar-refractivity contribution is 0.102. The minimum atomic E-state index is -0.171. The van der Waals surface area contributed by atoms with E-state index in [4.69, 9.17) is 4.74 Å². The Bertz CT molecular complexity index is 1060. The third-order valence-corrected chi connectivity index (χ3v) is 5.64. The average molecular weight is 397 g/mol. The molecule has 1 heterocycles. The molecule has 0 spiro atoms. The number of rotatable bonds is 6. The Kier molecular flexibility index (Phi) is 5.94. The van der Waals surface area contributed by atoms with Gasteiger partial charge in [0.25, 0.3) is 5.91 Å². The summed E-state index contributed by atoms with van der Waals surface area (Å²) < 4.78 is 6.23. The summed E-state index contributed by atoms with van der Waals surface area (Å²) in [6.45, 7) is 8.00. The van der Waals surface area contributed by atoms with Crippen molar-refractivity contribution in [3.8, 4) is 5.75 Å². The van der Waals surface area contributed by atoms with Gasteiger partial charge in [0.2, 0.25) is 5.13 Å². The number of carbonyl (C=O) groups is 1. The number of fused-ring (bicyclic) bond motifs is 1. The van der Waals surface area contributed by atoms with Crippen LogP contribution >= 0.6 is 11.3 Å². The maximum absolute atomic E-state index is 12.7. The number of methoxy groups -OCH3 is 1. The minimum Gasteiger partial charge on any atom is -0.497 e. The number of hydrazone groups is 1. The predicted octanol–water partition coefficient (Wildman–Crippen LogP) is 5.37. The predicted molar refractivity (Wildman–Crippen MR) is 117 cm³/mol. The number of carbonyl (C=O) groups excluding carboxylic acids is 1. The Hall–Kier alpha value is -2.93. The van der Waals surface area contributed by atoms with Gasteiger partial charge in [0, 0.05) is 17.0 Å². The quantitative estimate of drug-likeness (QED) is 0.434. The number of amides is 1. The van der Waals surface area contributed by atoms with E-state index < -0.39 is 0 Å². The third-order valence-electron chi connectivity index (χ3n) is 4.54. The molecule has 3 aromatic rings. The number of nitrogens with zero attached hydrogens (tertiary/aromatic N) is 2. The molecule has 1 aromatic heterocycles. The molecule has 1 amide bonds. The first-order valence-corrected chi connectivity index (χ1v) is 9.90. The standard InChI is InChI=1S/C21H24N4O2S/c1-6-13(3)24-25-21-22-17-10-12(2)18(14(4)19(17)28-21)23-20(26)15-8-7-9-16(11-15)27-5/h7-11H,6H2,1-5H3,(H,22,25)(H,23,26)/b24-13-. The first kappa shape index (κ1) is 19.8. The Labute approximate surface area is 168 Å². The number of ether oxygens (including phenoxy) is 1. The van der Waals surface area contributed by atoms with E-state index in [2.05, 4.69) is 27.8 Å². The molecule has 0 saturated carbocycles. The zero-order valence-corrected chi connectivity index (χ0v) is 17.5. The number of hydrogen-bond donors (Lipinski definition) is 2. The molecule has 7 heteroatoms. The van der Waals surface area contributed by atoms with Crippen LogP contribution < -0.4 is 15.5 Å². The zero-order chi connectivity index (χ0) is 20.3. The Morgan fingerprint density at radius 3 is 2.79 bits per heavy atom. The van der Waals surface area contributed by atoms with Crippen LogP contribution in [0, 0.1) is 13.8 Å². The number of benzene rings is 2. The van der Waals surface area contributed by atoms with Crippen LogP contribution in [-0.2, 0) is 0 Å². The second-order valence-electron chi connectivity index (χ2n) is 6.56. The summed E-state index contributed by atoms with van der Waals surface area (Å²) in [4.78, 5) is 17.3. The second kappa shape index (κ2) is 8.39. The molecule has 0 atom stereocenters. The van der Waals surface area contributed by atoms with E-state index in [0.717, 1.165) is 44.3 Å². The summed E-state index contributed by atoms with van der Waals surface area (Å²) in [6, 6.07) is 9.09. The summed E-state index contributed by atoms with van der Waals surface area (Å²) in [5.74, 6) is 0.480. The highest BCUT2D eigenvalue weighted by Crippen LogP contribution is 2.35. The van der Waals surface area contributed by atoms with Gasteiger partial charge in [-0.2, -0.15) is 5.10 Å². The molecule has 0 aliphatic carbocycles. The van der Waals surface area contributed by atoms with E-state index in [9.17, 15) is 4.79 Å². The molecule has 0 bridgehead atoms. The Morgan fingerprint density at radius 2 is 2.07 bits per heavy atom. The van der Waals surface area contributed by atoms with Crippen LogP contribution in [0.25, 0.3) is 10.2 Å². The van der Waals surface area contributed by atoms with E-state index in [0.29, 0.717) is 11.3 Å². The van der Waals surface area contributed by atoms with Crippen LogP contribution in [0.2, 0.25) is 0 Å². The molecule has 28 heavy (non-hydrogen) atoms. The van der Waals surface area contributed by atoms with Gasteiger partial charge >= 0.3 is 0 Å². The van der Waals surface area contributed by atoms with Crippen LogP contribution in [0.4, 0.5) is 10.8 Å². The molecule has 6 nitrogen and oxygen atoms in total. The first-order valence-electron chi connectivity index (χ1n) is 9.08. The summed E-state index contributed by atoms with van der Waals surface area (Å²) in [5.41, 5.74) is 8.25. The molecular formula is C21H24N4O2S. The van der Waals surface area contributed by atoms with Crippen molar-refractivity contribution in [1.82, 2.24) is 4.98 Å². The normalized spacial score (nSPS) is 11.5. The monoisotopic (exact) mass is 396 g/mol. The van der Waals surface area contributed by atoms with Gasteiger partial charge in [-0.25, -0.2) is 4.98 Å². The van der Waals surface area contributed by atoms with Crippen LogP contribution in [0.5, 0.6) is 5.75 Å². The fraction of sp³-hybridized carbons (Fsp3) is 0.286. The van der Waals surface area contributed by atoms with Gasteiger partial charge in [0.05, 0.1) is 17.3 Å². The van der Waals surface area contributed by atoms with E-state index in [1.54, 1.807) is 25.3 Å². The van der Waals surface area contributed by atoms with E-state index in [-0.39, 0.29) is 5.91 Å². The van der Waals surface area contributed by atoms with Crippen LogP contribution in [0.15, 0.2) is 35.4 Å². The molecule has 3 rings (SSSR count). The number of aromatic nitrogens is 1. The van der Waals surface area contributed by atoms with Crippen molar-refractivity contribution in [1.29, 1.82) is 0 Å². The summed E-state index contributed by atoms with van der Waals surface area (Å²) in [7, 11) is 1.58. The lowest BCUT2D eigenvalue weighted by Crippen LogP contribution is -2.14. The Morgan fingerprint density at radius 1 is 1.29 bits per heavy atom. The number of nitrogens with one attached hydrogen (secondary N) is 2. The van der Waals surface area contributed by atoms with Gasteiger partial charge in [-0.3, -0.25) is 10.2 Å². The van der Waals surface area contributed by atoms with E-state index >= 15 is 0 Å². The fourth-order valence-corrected chi connectivity index (χ4v) is 3.69. The molecular weight excluding hydrogens is 372 g/mol. The fourth-order valence-electron chi connectivity index (χ4n) is 2.80. The number of hydrogen-bond acceptors (Lipinski definition) is 6. The SMILES string of the molecule is CC/C(C)=N\Nc1nc2cc(C)c(NC(=O)c3cccc(OC)c3)c(C)c2s1. The van der Waals surface area contributed by atoms with Crippen molar-refractivity contribution >= 4 is 44.0 Å². The van der Waals surface area contributed by atoms with Crippen molar-refractivity contribution in [2.45, 2.75) is 34.1 Å². The number of aryl methyl sites for hydroxylation is 2. The second-order valence-corrected chi connectivity index (χ2v) is 7.56. The van der Waals surface area contributed by atoms with Gasteiger partial charge in [-0.15, -0.1) is 0 Å². The topological polar surface area (TPSA) is 75.6 Å². The maximum Gasteiger partial charge on any atom is 0.255 e. The lowest BCUT2D eigenvalue weighted by atomic mass is 10.1. The highest BCUT2D eigenvalue weighted by Gasteiger charge is 2.15. The molecule has 0 aliphatic heterocycles. The van der Waals surface area contributed by atoms with Crippen LogP contribution in [-0.4, -0.2) is 23.7 Å². The molecule has 146 valence electrons. The van der Waals surface area contributed by atoms with Gasteiger partial charge in [0.15, 0.2) is 0 Å². The molecule has 0 unspecified atom stereocenters. The Balaban J connectivity index is 1.91. The molecule has 0 radical (unpaired) electrons. The zero-order valence-electron chi connectivity index (χ0n) is 16.7. The van der Waals surface area contributed by atoms with Crippen LogP contribution in [0.3, 0.4) is 0 Å². The van der Waals surface area contributed by atoms with Gasteiger partial charge in [-0.1, -0.05) is 24.3 Å². The van der Waals surface area contributed by atoms with E-state index in [1.165, 1.54) is 11.3 Å². The third kappa shape index (κ3) is 4.14. The summed E-state index contributed by atoms with van der Waals surface area (Å²) >= 11 is 1.53. The first-order chi connectivity index (χ1) is 13.4. The minimum absolute atomic E-state index is 0.171. The van der Waals surface area contributed by atoms with E-state index in [1.807, 2.05) is 32.9 Å². The van der Waals surface area contributed by atoms with Gasteiger partial charge in [0.1, 0.15) is 5.75 Å². The highest BCUT2D eigenvalue weighted by atomic mass is 32.1. The lowest BCUT2D eigenvalue weighted by Gasteiger charge is -2.12. The largest absolute Gasteiger partial charge is 0.497 e. The molecule has 0 saturated heterocycles. The van der Waals surface area contributed by atoms with Gasteiger partial charge < -0.3 is 10.1 Å². The van der Waals surface area contributed by atoms with Crippen LogP contribution in [0.1, 0.15) is 41.8 Å². The highest BCUT2D eigenvalue weighted by molar-refractivity contribution is 7.22. The van der Waals surface area contributed by atoms with Crippen molar-refractivity contribution < 1.29 is 9.53 Å². The van der Waals surface area contributed by atoms with Crippen molar-refractivity contribution in [3.05, 3.63) is 47.0 Å². The molecule has 0 aliphatic rings. The van der Waals surface area contributed by atoms with Crippen molar-refractivity contribution in [2.24, 2.45) is 5.10 Å². The molecule has 2 N–H and O–H groups in total. The van der Waals surface area contributed by atoms with Crippen molar-refractivity contribution in [3.63, 3.8) is 0 Å². The number of thiazole rings is 1.